The van der Waals surface area contributed by atoms with E-state index in [1.807, 2.05) is 0 Å². The summed E-state index contributed by atoms with van der Waals surface area (Å²) in [5, 5.41) is 2.72. The third-order valence-electron chi connectivity index (χ3n) is 2.96. The van der Waals surface area contributed by atoms with Gasteiger partial charge < -0.3 is 5.32 Å². The number of rotatable bonds is 3. The third kappa shape index (κ3) is 3.56. The van der Waals surface area contributed by atoms with Gasteiger partial charge in [0.05, 0.1) is 8.68 Å². The first-order valence-corrected chi connectivity index (χ1v) is 9.05. The monoisotopic (exact) mass is 366 g/mol. The summed E-state index contributed by atoms with van der Waals surface area (Å²) in [5.74, 6) is -0.243. The molecule has 2 N–H and O–H groups in total. The minimum absolute atomic E-state index is 0.237. The van der Waals surface area contributed by atoms with Gasteiger partial charge in [0, 0.05) is 11.4 Å². The van der Waals surface area contributed by atoms with Crippen LogP contribution in [0.15, 0.2) is 14.7 Å². The van der Waals surface area contributed by atoms with Crippen molar-refractivity contribution in [2.45, 2.75) is 37.1 Å². The standard InChI is InChI=1S/C11H15BrN2O3S2/c1-7-9(6-10(12)18-7)19(16,17)14-8-4-2-3-5-13-11(8)15/h6,8,14H,2-5H2,1H3,(H,13,15). The van der Waals surface area contributed by atoms with Crippen molar-refractivity contribution < 1.29 is 13.2 Å². The number of amides is 1. The summed E-state index contributed by atoms with van der Waals surface area (Å²) in [4.78, 5) is 12.7. The van der Waals surface area contributed by atoms with E-state index in [0.717, 1.165) is 16.6 Å². The van der Waals surface area contributed by atoms with Gasteiger partial charge in [-0.2, -0.15) is 4.72 Å². The molecule has 2 heterocycles. The van der Waals surface area contributed by atoms with Crippen LogP contribution in [0.3, 0.4) is 0 Å². The topological polar surface area (TPSA) is 75.3 Å². The first-order valence-electron chi connectivity index (χ1n) is 5.96. The summed E-state index contributed by atoms with van der Waals surface area (Å²) in [5.41, 5.74) is 0. The van der Waals surface area contributed by atoms with E-state index in [-0.39, 0.29) is 10.8 Å². The molecule has 2 rings (SSSR count). The molecule has 1 aromatic rings. The maximum absolute atomic E-state index is 12.3. The molecule has 1 unspecified atom stereocenters. The Hall–Kier alpha value is -0.440. The van der Waals surface area contributed by atoms with Crippen molar-refractivity contribution in [1.29, 1.82) is 0 Å². The summed E-state index contributed by atoms with van der Waals surface area (Å²) < 4.78 is 27.8. The van der Waals surface area contributed by atoms with Crippen LogP contribution in [0.5, 0.6) is 0 Å². The van der Waals surface area contributed by atoms with Gasteiger partial charge in [-0.05, 0) is 48.2 Å². The Morgan fingerprint density at radius 3 is 2.84 bits per heavy atom. The van der Waals surface area contributed by atoms with Gasteiger partial charge in [-0.3, -0.25) is 4.79 Å². The van der Waals surface area contributed by atoms with Crippen LogP contribution < -0.4 is 10.0 Å². The van der Waals surface area contributed by atoms with Gasteiger partial charge in [0.2, 0.25) is 15.9 Å². The second-order valence-electron chi connectivity index (χ2n) is 4.43. The fourth-order valence-corrected chi connectivity index (χ4v) is 5.64. The predicted octanol–water partition coefficient (Wildman–Crippen LogP) is 1.77. The van der Waals surface area contributed by atoms with Crippen LogP contribution in [0.4, 0.5) is 0 Å². The maximum atomic E-state index is 12.3. The minimum atomic E-state index is -3.65. The smallest absolute Gasteiger partial charge is 0.242 e. The van der Waals surface area contributed by atoms with Crippen LogP contribution in [0.25, 0.3) is 0 Å². The Balaban J connectivity index is 2.21. The molecule has 19 heavy (non-hydrogen) atoms. The average molecular weight is 367 g/mol. The van der Waals surface area contributed by atoms with Crippen LogP contribution in [-0.4, -0.2) is 26.9 Å². The van der Waals surface area contributed by atoms with Crippen molar-refractivity contribution in [2.75, 3.05) is 6.54 Å². The number of aryl methyl sites for hydroxylation is 1. The van der Waals surface area contributed by atoms with Crippen LogP contribution in [0.2, 0.25) is 0 Å². The summed E-state index contributed by atoms with van der Waals surface area (Å²) in [7, 11) is -3.65. The molecule has 8 heteroatoms. The lowest BCUT2D eigenvalue weighted by Gasteiger charge is -2.15. The number of nitrogens with one attached hydrogen (secondary N) is 2. The van der Waals surface area contributed by atoms with Crippen LogP contribution in [0, 0.1) is 6.92 Å². The molecule has 0 spiro atoms. The van der Waals surface area contributed by atoms with Crippen LogP contribution >= 0.6 is 27.3 Å². The number of hydrogen-bond acceptors (Lipinski definition) is 4. The van der Waals surface area contributed by atoms with Gasteiger partial charge in [-0.1, -0.05) is 0 Å². The fraction of sp³-hybridized carbons (Fsp3) is 0.545. The van der Waals surface area contributed by atoms with Gasteiger partial charge >= 0.3 is 0 Å². The Morgan fingerprint density at radius 2 is 2.21 bits per heavy atom. The molecule has 1 aliphatic heterocycles. The van der Waals surface area contributed by atoms with Crippen molar-refractivity contribution in [3.63, 3.8) is 0 Å². The van der Waals surface area contributed by atoms with E-state index < -0.39 is 16.1 Å². The zero-order valence-corrected chi connectivity index (χ0v) is 13.6. The van der Waals surface area contributed by atoms with Gasteiger partial charge in [0.25, 0.3) is 0 Å². The van der Waals surface area contributed by atoms with Crippen molar-refractivity contribution in [3.05, 3.63) is 14.7 Å². The fourth-order valence-electron chi connectivity index (χ4n) is 2.00. The van der Waals surface area contributed by atoms with Crippen molar-refractivity contribution >= 4 is 43.2 Å². The molecule has 1 aliphatic rings. The average Bonchev–Trinajstić information content (AvgIpc) is 2.54. The highest BCUT2D eigenvalue weighted by Gasteiger charge is 2.28. The molecule has 0 aromatic carbocycles. The Bertz CT molecular complexity index is 583. The highest BCUT2D eigenvalue weighted by Crippen LogP contribution is 2.29. The molecule has 1 fully saturated rings. The third-order valence-corrected chi connectivity index (χ3v) is 6.24. The Morgan fingerprint density at radius 1 is 1.47 bits per heavy atom. The summed E-state index contributed by atoms with van der Waals surface area (Å²) in [6.07, 6.45) is 2.25. The lowest BCUT2D eigenvalue weighted by molar-refractivity contribution is -0.122. The quantitative estimate of drug-likeness (QED) is 0.855. The first kappa shape index (κ1) is 15.0. The Kier molecular flexibility index (Phi) is 4.65. The molecular weight excluding hydrogens is 352 g/mol. The van der Waals surface area contributed by atoms with E-state index in [2.05, 4.69) is 26.0 Å². The van der Waals surface area contributed by atoms with E-state index in [0.29, 0.717) is 17.8 Å². The highest BCUT2D eigenvalue weighted by molar-refractivity contribution is 9.11. The van der Waals surface area contributed by atoms with E-state index in [1.165, 1.54) is 11.3 Å². The molecule has 1 saturated heterocycles. The van der Waals surface area contributed by atoms with Gasteiger partial charge in [-0.15, -0.1) is 11.3 Å². The lowest BCUT2D eigenvalue weighted by Crippen LogP contribution is -2.45. The van der Waals surface area contributed by atoms with Crippen LogP contribution in [0.1, 0.15) is 24.1 Å². The van der Waals surface area contributed by atoms with Crippen molar-refractivity contribution in [2.24, 2.45) is 0 Å². The molecule has 106 valence electrons. The molecule has 1 atom stereocenters. The zero-order valence-electron chi connectivity index (χ0n) is 10.4. The van der Waals surface area contributed by atoms with Crippen LogP contribution in [-0.2, 0) is 14.8 Å². The van der Waals surface area contributed by atoms with Crippen molar-refractivity contribution in [1.82, 2.24) is 10.0 Å². The van der Waals surface area contributed by atoms with E-state index in [1.54, 1.807) is 13.0 Å². The summed E-state index contributed by atoms with van der Waals surface area (Å²) in [6, 6.07) is 0.891. The molecule has 0 bridgehead atoms. The normalized spacial score (nSPS) is 20.9. The molecular formula is C11H15BrN2O3S2. The highest BCUT2D eigenvalue weighted by atomic mass is 79.9. The zero-order chi connectivity index (χ0) is 14.0. The second kappa shape index (κ2) is 5.90. The number of thiophene rings is 1. The summed E-state index contributed by atoms with van der Waals surface area (Å²) in [6.45, 7) is 2.36. The molecule has 1 amide bonds. The second-order valence-corrected chi connectivity index (χ2v) is 8.75. The number of carbonyl (C=O) groups is 1. The summed E-state index contributed by atoms with van der Waals surface area (Å²) >= 11 is 4.63. The number of sulfonamides is 1. The number of halogens is 1. The van der Waals surface area contributed by atoms with Crippen molar-refractivity contribution in [3.8, 4) is 0 Å². The molecule has 5 nitrogen and oxygen atoms in total. The molecule has 0 saturated carbocycles. The van der Waals surface area contributed by atoms with E-state index in [9.17, 15) is 13.2 Å². The van der Waals surface area contributed by atoms with E-state index >= 15 is 0 Å². The van der Waals surface area contributed by atoms with E-state index in [4.69, 9.17) is 0 Å². The minimum Gasteiger partial charge on any atom is -0.355 e. The number of carbonyl (C=O) groups excluding carboxylic acids is 1. The largest absolute Gasteiger partial charge is 0.355 e. The molecule has 0 radical (unpaired) electrons. The lowest BCUT2D eigenvalue weighted by atomic mass is 10.1. The SMILES string of the molecule is Cc1sc(Br)cc1S(=O)(=O)NC1CCCCNC1=O. The first-order chi connectivity index (χ1) is 8.90. The Labute approximate surface area is 125 Å². The predicted molar refractivity (Wildman–Crippen MR) is 77.7 cm³/mol. The molecule has 1 aromatic heterocycles. The van der Waals surface area contributed by atoms with Gasteiger partial charge in [0.1, 0.15) is 6.04 Å². The number of hydrogen-bond donors (Lipinski definition) is 2. The van der Waals surface area contributed by atoms with Gasteiger partial charge in [-0.25, -0.2) is 8.42 Å². The maximum Gasteiger partial charge on any atom is 0.242 e. The van der Waals surface area contributed by atoms with Gasteiger partial charge in [0.15, 0.2) is 0 Å². The molecule has 0 aliphatic carbocycles.